The zero-order valence-corrected chi connectivity index (χ0v) is 17.6. The van der Waals surface area contributed by atoms with E-state index in [1.165, 1.54) is 7.11 Å². The molecule has 3 rings (SSSR count). The first-order valence-corrected chi connectivity index (χ1v) is 10.2. The summed E-state index contributed by atoms with van der Waals surface area (Å²) in [5.74, 6) is 0.434. The number of carbonyl (C=O) groups is 2. The molecular weight excluding hydrogens is 386 g/mol. The molecule has 5 N–H and O–H groups in total. The third-order valence-electron chi connectivity index (χ3n) is 5.12. The predicted molar refractivity (Wildman–Crippen MR) is 114 cm³/mol. The van der Waals surface area contributed by atoms with Gasteiger partial charge in [-0.3, -0.25) is 5.32 Å². The number of aryl methyl sites for hydroxylation is 1. The van der Waals surface area contributed by atoms with Crippen molar-refractivity contribution in [2.24, 2.45) is 5.73 Å². The summed E-state index contributed by atoms with van der Waals surface area (Å²) in [5.41, 5.74) is 9.95. The summed E-state index contributed by atoms with van der Waals surface area (Å²) in [6.07, 6.45) is 2.49. The van der Waals surface area contributed by atoms with Crippen molar-refractivity contribution in [2.45, 2.75) is 51.6 Å². The van der Waals surface area contributed by atoms with Crippen LogP contribution < -0.4 is 16.4 Å². The number of nitrogens with two attached hydrogens (primary N) is 1. The van der Waals surface area contributed by atoms with Gasteiger partial charge >= 0.3 is 12.1 Å². The molecule has 0 unspecified atom stereocenters. The number of fused-ring (bicyclic) bond motifs is 4. The van der Waals surface area contributed by atoms with Crippen LogP contribution in [0.4, 0.5) is 16.2 Å². The fourth-order valence-corrected chi connectivity index (χ4v) is 3.57. The van der Waals surface area contributed by atoms with Crippen LogP contribution in [0.25, 0.3) is 11.3 Å². The molecule has 1 aromatic heterocycles. The van der Waals surface area contributed by atoms with Crippen LogP contribution in [0.2, 0.25) is 0 Å². The molecule has 2 aromatic rings. The lowest BCUT2D eigenvalue weighted by molar-refractivity contribution is -0.144. The molecule has 0 saturated heterocycles. The number of hydrogen-bond donors (Lipinski definition) is 4. The number of nitrogens with one attached hydrogen (secondary N) is 3. The van der Waals surface area contributed by atoms with Gasteiger partial charge in [0.2, 0.25) is 0 Å². The van der Waals surface area contributed by atoms with Crippen molar-refractivity contribution in [3.63, 3.8) is 0 Å². The van der Waals surface area contributed by atoms with E-state index in [4.69, 9.17) is 15.5 Å². The Morgan fingerprint density at radius 3 is 2.80 bits per heavy atom. The lowest BCUT2D eigenvalue weighted by Gasteiger charge is -2.21. The maximum atomic E-state index is 12.6. The zero-order valence-electron chi connectivity index (χ0n) is 17.6. The van der Waals surface area contributed by atoms with Crippen molar-refractivity contribution >= 4 is 23.4 Å². The van der Waals surface area contributed by atoms with Crippen molar-refractivity contribution in [3.05, 3.63) is 29.7 Å². The van der Waals surface area contributed by atoms with Crippen LogP contribution in [0.15, 0.2) is 18.2 Å². The summed E-state index contributed by atoms with van der Waals surface area (Å²) in [7, 11) is 1.30. The topological polar surface area (TPSA) is 131 Å². The number of imidazole rings is 1. The number of methoxy groups -OCH3 is 1. The lowest BCUT2D eigenvalue weighted by Crippen LogP contribution is -2.32. The lowest BCUT2D eigenvalue weighted by atomic mass is 10.0. The number of ether oxygens (including phenoxy) is 2. The number of hydrogen-bond acceptors (Lipinski definition) is 7. The molecular formula is C21H29N5O4. The number of H-pyrrole nitrogens is 1. The molecule has 9 heteroatoms. The van der Waals surface area contributed by atoms with Gasteiger partial charge in [0.25, 0.3) is 0 Å². The molecule has 0 saturated carbocycles. The highest BCUT2D eigenvalue weighted by Gasteiger charge is 2.24. The van der Waals surface area contributed by atoms with E-state index in [0.29, 0.717) is 24.4 Å². The van der Waals surface area contributed by atoms with Gasteiger partial charge in [0.1, 0.15) is 11.9 Å². The second-order valence-corrected chi connectivity index (χ2v) is 7.31. The van der Waals surface area contributed by atoms with Gasteiger partial charge in [0.15, 0.2) is 0 Å². The Morgan fingerprint density at radius 1 is 1.30 bits per heavy atom. The number of amides is 1. The van der Waals surface area contributed by atoms with Crippen molar-refractivity contribution < 1.29 is 19.1 Å². The van der Waals surface area contributed by atoms with Crippen LogP contribution in [0.1, 0.15) is 50.2 Å². The van der Waals surface area contributed by atoms with E-state index in [1.807, 2.05) is 13.0 Å². The van der Waals surface area contributed by atoms with Gasteiger partial charge in [0.05, 0.1) is 25.5 Å². The van der Waals surface area contributed by atoms with Gasteiger partial charge in [-0.2, -0.15) is 0 Å². The number of benzene rings is 1. The first-order chi connectivity index (χ1) is 14.4. The fraction of sp³-hybridized carbons (Fsp3) is 0.476. The maximum Gasteiger partial charge on any atom is 0.411 e. The van der Waals surface area contributed by atoms with E-state index in [0.717, 1.165) is 42.0 Å². The van der Waals surface area contributed by atoms with Crippen molar-refractivity contribution in [1.82, 2.24) is 9.97 Å². The largest absolute Gasteiger partial charge is 0.464 e. The number of nitrogens with zero attached hydrogens (tertiary/aromatic N) is 1. The second kappa shape index (κ2) is 9.62. The van der Waals surface area contributed by atoms with Crippen molar-refractivity contribution in [1.29, 1.82) is 0 Å². The minimum atomic E-state index is -0.575. The van der Waals surface area contributed by atoms with Crippen LogP contribution >= 0.6 is 0 Å². The highest BCUT2D eigenvalue weighted by molar-refractivity contribution is 5.89. The molecule has 0 radical (unpaired) electrons. The van der Waals surface area contributed by atoms with Crippen LogP contribution in [0.5, 0.6) is 0 Å². The van der Waals surface area contributed by atoms with E-state index in [9.17, 15) is 9.59 Å². The van der Waals surface area contributed by atoms with E-state index >= 15 is 0 Å². The molecule has 1 aliphatic heterocycles. The summed E-state index contributed by atoms with van der Waals surface area (Å²) in [5, 5.41) is 5.97. The first-order valence-electron chi connectivity index (χ1n) is 10.2. The Bertz CT molecular complexity index is 911. The van der Waals surface area contributed by atoms with Crippen LogP contribution in [-0.4, -0.2) is 41.8 Å². The minimum Gasteiger partial charge on any atom is -0.464 e. The van der Waals surface area contributed by atoms with E-state index in [1.54, 1.807) is 19.1 Å². The monoisotopic (exact) mass is 415 g/mol. The van der Waals surface area contributed by atoms with Crippen molar-refractivity contribution in [2.75, 3.05) is 24.4 Å². The Morgan fingerprint density at radius 2 is 2.07 bits per heavy atom. The van der Waals surface area contributed by atoms with Gasteiger partial charge in [-0.25, -0.2) is 14.6 Å². The van der Waals surface area contributed by atoms with Gasteiger partial charge in [-0.05, 0) is 44.9 Å². The molecule has 2 heterocycles. The fourth-order valence-electron chi connectivity index (χ4n) is 3.57. The maximum absolute atomic E-state index is 12.6. The average molecular weight is 415 g/mol. The molecule has 2 bridgehead atoms. The molecule has 1 aliphatic rings. The highest BCUT2D eigenvalue weighted by atomic mass is 16.5. The smallest absolute Gasteiger partial charge is 0.411 e. The quantitative estimate of drug-likeness (QED) is 0.564. The highest BCUT2D eigenvalue weighted by Crippen LogP contribution is 2.34. The second-order valence-electron chi connectivity index (χ2n) is 7.31. The third kappa shape index (κ3) is 4.91. The predicted octanol–water partition coefficient (Wildman–Crippen LogP) is 3.48. The van der Waals surface area contributed by atoms with Crippen LogP contribution in [0, 0.1) is 6.92 Å². The summed E-state index contributed by atoms with van der Waals surface area (Å²) in [6.45, 7) is 4.03. The number of carbonyl (C=O) groups excluding carboxylic acids is 2. The zero-order chi connectivity index (χ0) is 21.7. The summed E-state index contributed by atoms with van der Waals surface area (Å²) < 4.78 is 9.95. The van der Waals surface area contributed by atoms with Crippen LogP contribution in [0.3, 0.4) is 0 Å². The van der Waals surface area contributed by atoms with E-state index in [-0.39, 0.29) is 12.0 Å². The van der Waals surface area contributed by atoms with E-state index < -0.39 is 12.1 Å². The first kappa shape index (κ1) is 21.6. The normalized spacial score (nSPS) is 18.8. The average Bonchev–Trinajstić information content (AvgIpc) is 3.11. The summed E-state index contributed by atoms with van der Waals surface area (Å²) in [6, 6.07) is 4.65. The van der Waals surface area contributed by atoms with Gasteiger partial charge < -0.3 is 25.5 Å². The number of esters is 1. The molecule has 1 amide bonds. The SMILES string of the molecule is CCOC(=O)[C@@H]1CCCC[C@H](N)c2nc(c(C)[nH]2)-c2ccc(NC(=O)OC)cc2N1. The summed E-state index contributed by atoms with van der Waals surface area (Å²) >= 11 is 0. The molecule has 30 heavy (non-hydrogen) atoms. The minimum absolute atomic E-state index is 0.199. The number of anilines is 2. The Balaban J connectivity index is 2.07. The molecule has 9 nitrogen and oxygen atoms in total. The molecule has 2 atom stereocenters. The van der Waals surface area contributed by atoms with Gasteiger partial charge in [0, 0.05) is 22.6 Å². The van der Waals surface area contributed by atoms with Crippen molar-refractivity contribution in [3.8, 4) is 11.3 Å². The molecule has 162 valence electrons. The standard InChI is InChI=1S/C21H29N5O4/c1-4-30-20(27)16-8-6-5-7-15(22)19-23-12(2)18(26-19)14-10-9-13(11-17(14)25-16)24-21(28)29-3/h9-11,15-16,25H,4-8,22H2,1-3H3,(H,23,26)(H,24,28)/t15-,16-/m0/s1. The third-order valence-corrected chi connectivity index (χ3v) is 5.12. The van der Waals surface area contributed by atoms with Gasteiger partial charge in [-0.15, -0.1) is 0 Å². The number of aromatic amines is 1. The molecule has 0 aliphatic carbocycles. The molecule has 0 spiro atoms. The van der Waals surface area contributed by atoms with Crippen LogP contribution in [-0.2, 0) is 14.3 Å². The Hall–Kier alpha value is -3.07. The molecule has 0 fully saturated rings. The molecule has 1 aromatic carbocycles. The Labute approximate surface area is 175 Å². The van der Waals surface area contributed by atoms with Gasteiger partial charge in [-0.1, -0.05) is 12.8 Å². The summed E-state index contributed by atoms with van der Waals surface area (Å²) in [4.78, 5) is 32.2. The Kier molecular flexibility index (Phi) is 6.94. The number of rotatable bonds is 3. The van der Waals surface area contributed by atoms with E-state index in [2.05, 4.69) is 20.4 Å². The number of aromatic nitrogens is 2.